The summed E-state index contributed by atoms with van der Waals surface area (Å²) in [6.07, 6.45) is 3.82. The normalized spacial score (nSPS) is 17.4. The van der Waals surface area contributed by atoms with Crippen LogP contribution in [0.2, 0.25) is 0 Å². The van der Waals surface area contributed by atoms with Gasteiger partial charge in [-0.05, 0) is 36.9 Å². The molecule has 9 heteroatoms. The van der Waals surface area contributed by atoms with Gasteiger partial charge in [0.1, 0.15) is 6.04 Å². The minimum atomic E-state index is -0.515. The Morgan fingerprint density at radius 2 is 2.11 bits per heavy atom. The molecule has 2 amide bonds. The molecular formula is C19H19N5O3S. The monoisotopic (exact) mass is 397 g/mol. The molecule has 0 spiro atoms. The van der Waals surface area contributed by atoms with E-state index in [1.807, 2.05) is 16.8 Å². The van der Waals surface area contributed by atoms with Crippen LogP contribution in [0.5, 0.6) is 0 Å². The maximum atomic E-state index is 13.1. The van der Waals surface area contributed by atoms with Gasteiger partial charge in [-0.15, -0.1) is 0 Å². The van der Waals surface area contributed by atoms with Crippen molar-refractivity contribution in [3.63, 3.8) is 0 Å². The van der Waals surface area contributed by atoms with Crippen molar-refractivity contribution in [2.75, 3.05) is 19.6 Å². The van der Waals surface area contributed by atoms with Crippen molar-refractivity contribution in [3.8, 4) is 0 Å². The molecule has 3 aromatic rings. The number of hydrogen-bond donors (Lipinski definition) is 0. The lowest BCUT2D eigenvalue weighted by atomic mass is 10.1. The van der Waals surface area contributed by atoms with Gasteiger partial charge in [0.15, 0.2) is 5.82 Å². The summed E-state index contributed by atoms with van der Waals surface area (Å²) in [6, 6.07) is 4.75. The predicted octanol–water partition coefficient (Wildman–Crippen LogP) is 2.56. The second kappa shape index (κ2) is 7.89. The summed E-state index contributed by atoms with van der Waals surface area (Å²) in [6.45, 7) is 3.05. The van der Waals surface area contributed by atoms with Crippen LogP contribution in [-0.2, 0) is 0 Å². The zero-order valence-corrected chi connectivity index (χ0v) is 16.1. The Labute approximate surface area is 165 Å². The fourth-order valence-corrected chi connectivity index (χ4v) is 3.93. The highest BCUT2D eigenvalue weighted by Gasteiger charge is 2.35. The molecule has 1 aliphatic heterocycles. The van der Waals surface area contributed by atoms with Crippen LogP contribution >= 0.6 is 11.3 Å². The molecule has 0 N–H and O–H groups in total. The molecule has 1 unspecified atom stereocenters. The van der Waals surface area contributed by atoms with Crippen molar-refractivity contribution in [1.82, 2.24) is 24.9 Å². The van der Waals surface area contributed by atoms with E-state index in [-0.39, 0.29) is 11.8 Å². The van der Waals surface area contributed by atoms with Crippen molar-refractivity contribution in [1.29, 1.82) is 0 Å². The fourth-order valence-electron chi connectivity index (χ4n) is 3.30. The average molecular weight is 397 g/mol. The van der Waals surface area contributed by atoms with E-state index in [0.29, 0.717) is 48.9 Å². The van der Waals surface area contributed by atoms with E-state index in [1.165, 1.54) is 17.5 Å². The lowest BCUT2D eigenvalue weighted by Gasteiger charge is -2.29. The number of carbonyl (C=O) groups excluding carboxylic acids is 2. The molecule has 0 aliphatic carbocycles. The number of amides is 2. The van der Waals surface area contributed by atoms with Gasteiger partial charge in [0.05, 0.1) is 17.7 Å². The first kappa shape index (κ1) is 18.3. The topological polar surface area (TPSA) is 92.4 Å². The standard InChI is InChI=1S/C19H19N5O3S/c1-13-21-17(27-22-13)16-11-23(18(25)15-5-9-28-12-15)7-3-8-24(16)19(26)14-4-2-6-20-10-14/h2,4-6,9-10,12,16H,3,7-8,11H2,1H3. The number of nitrogens with zero attached hydrogens (tertiary/aromatic N) is 5. The minimum absolute atomic E-state index is 0.0573. The summed E-state index contributed by atoms with van der Waals surface area (Å²) in [7, 11) is 0. The molecule has 4 heterocycles. The maximum absolute atomic E-state index is 13.1. The number of carbonyl (C=O) groups is 2. The van der Waals surface area contributed by atoms with E-state index in [1.54, 1.807) is 35.1 Å². The molecule has 28 heavy (non-hydrogen) atoms. The van der Waals surface area contributed by atoms with Gasteiger partial charge < -0.3 is 14.3 Å². The van der Waals surface area contributed by atoms with Gasteiger partial charge in [-0.1, -0.05) is 5.16 Å². The summed E-state index contributed by atoms with van der Waals surface area (Å²) < 4.78 is 5.39. The van der Waals surface area contributed by atoms with Gasteiger partial charge in [0, 0.05) is 30.9 Å². The van der Waals surface area contributed by atoms with Crippen LogP contribution in [0.15, 0.2) is 45.9 Å². The van der Waals surface area contributed by atoms with Gasteiger partial charge in [0.25, 0.3) is 17.7 Å². The summed E-state index contributed by atoms with van der Waals surface area (Å²) in [4.78, 5) is 37.9. The van der Waals surface area contributed by atoms with Crippen LogP contribution in [0.4, 0.5) is 0 Å². The van der Waals surface area contributed by atoms with Gasteiger partial charge in [-0.2, -0.15) is 16.3 Å². The third kappa shape index (κ3) is 3.65. The number of hydrogen-bond acceptors (Lipinski definition) is 7. The van der Waals surface area contributed by atoms with Crippen molar-refractivity contribution in [3.05, 3.63) is 64.2 Å². The molecule has 0 radical (unpaired) electrons. The first-order valence-electron chi connectivity index (χ1n) is 8.96. The zero-order chi connectivity index (χ0) is 19.5. The maximum Gasteiger partial charge on any atom is 0.256 e. The first-order chi connectivity index (χ1) is 13.6. The summed E-state index contributed by atoms with van der Waals surface area (Å²) in [5, 5.41) is 7.58. The van der Waals surface area contributed by atoms with Crippen LogP contribution in [0.3, 0.4) is 0 Å². The lowest BCUT2D eigenvalue weighted by Crippen LogP contribution is -2.40. The van der Waals surface area contributed by atoms with E-state index in [4.69, 9.17) is 4.52 Å². The number of aromatic nitrogens is 3. The summed E-state index contributed by atoms with van der Waals surface area (Å²) >= 11 is 1.48. The summed E-state index contributed by atoms with van der Waals surface area (Å²) in [5.41, 5.74) is 1.14. The quantitative estimate of drug-likeness (QED) is 0.674. The molecule has 1 aliphatic rings. The third-order valence-electron chi connectivity index (χ3n) is 4.65. The highest BCUT2D eigenvalue weighted by molar-refractivity contribution is 7.08. The average Bonchev–Trinajstić information content (AvgIpc) is 3.35. The van der Waals surface area contributed by atoms with Crippen LogP contribution < -0.4 is 0 Å². The molecule has 0 aromatic carbocycles. The molecule has 4 rings (SSSR count). The van der Waals surface area contributed by atoms with Crippen LogP contribution in [-0.4, -0.2) is 56.4 Å². The van der Waals surface area contributed by atoms with Crippen LogP contribution in [0.1, 0.15) is 44.9 Å². The van der Waals surface area contributed by atoms with Gasteiger partial charge in [-0.25, -0.2) is 0 Å². The molecule has 0 bridgehead atoms. The lowest BCUT2D eigenvalue weighted by molar-refractivity contribution is 0.0592. The van der Waals surface area contributed by atoms with Crippen molar-refractivity contribution >= 4 is 23.2 Å². The molecule has 1 saturated heterocycles. The Kier molecular flexibility index (Phi) is 5.16. The minimum Gasteiger partial charge on any atom is -0.337 e. The van der Waals surface area contributed by atoms with Gasteiger partial charge in [0.2, 0.25) is 0 Å². The Bertz CT molecular complexity index is 957. The van der Waals surface area contributed by atoms with E-state index in [9.17, 15) is 9.59 Å². The van der Waals surface area contributed by atoms with Crippen LogP contribution in [0, 0.1) is 6.92 Å². The van der Waals surface area contributed by atoms with E-state index >= 15 is 0 Å². The van der Waals surface area contributed by atoms with Gasteiger partial charge in [-0.3, -0.25) is 14.6 Å². The Morgan fingerprint density at radius 3 is 2.79 bits per heavy atom. The first-order valence-corrected chi connectivity index (χ1v) is 9.90. The number of aryl methyl sites for hydroxylation is 1. The predicted molar refractivity (Wildman–Crippen MR) is 102 cm³/mol. The molecule has 3 aromatic heterocycles. The molecule has 1 atom stereocenters. The Balaban J connectivity index is 1.66. The van der Waals surface area contributed by atoms with E-state index in [2.05, 4.69) is 15.1 Å². The zero-order valence-electron chi connectivity index (χ0n) is 15.3. The number of pyridine rings is 1. The third-order valence-corrected chi connectivity index (χ3v) is 5.33. The number of thiophene rings is 1. The van der Waals surface area contributed by atoms with Crippen molar-refractivity contribution < 1.29 is 14.1 Å². The smallest absolute Gasteiger partial charge is 0.256 e. The van der Waals surface area contributed by atoms with Gasteiger partial charge >= 0.3 is 0 Å². The second-order valence-corrected chi connectivity index (χ2v) is 7.33. The van der Waals surface area contributed by atoms with E-state index < -0.39 is 6.04 Å². The molecule has 8 nitrogen and oxygen atoms in total. The number of rotatable bonds is 3. The van der Waals surface area contributed by atoms with Crippen LogP contribution in [0.25, 0.3) is 0 Å². The van der Waals surface area contributed by atoms with E-state index in [0.717, 1.165) is 0 Å². The highest BCUT2D eigenvalue weighted by Crippen LogP contribution is 2.27. The Hall–Kier alpha value is -3.07. The molecule has 1 fully saturated rings. The molecular weight excluding hydrogens is 378 g/mol. The van der Waals surface area contributed by atoms with Crippen molar-refractivity contribution in [2.45, 2.75) is 19.4 Å². The summed E-state index contributed by atoms with van der Waals surface area (Å²) in [5.74, 6) is 0.598. The second-order valence-electron chi connectivity index (χ2n) is 6.55. The molecule has 144 valence electrons. The molecule has 0 saturated carbocycles. The largest absolute Gasteiger partial charge is 0.337 e. The SMILES string of the molecule is Cc1noc(C2CN(C(=O)c3ccsc3)CCCN2C(=O)c2cccnc2)n1. The van der Waals surface area contributed by atoms with Crippen molar-refractivity contribution in [2.24, 2.45) is 0 Å². The Morgan fingerprint density at radius 1 is 1.21 bits per heavy atom. The highest BCUT2D eigenvalue weighted by atomic mass is 32.1. The fraction of sp³-hybridized carbons (Fsp3) is 0.316.